The molecule has 14 heavy (non-hydrogen) atoms. The first-order chi connectivity index (χ1) is 6.76. The summed E-state index contributed by atoms with van der Waals surface area (Å²) in [4.78, 5) is 0. The zero-order chi connectivity index (χ0) is 10.8. The summed E-state index contributed by atoms with van der Waals surface area (Å²) >= 11 is 0. The normalized spacial score (nSPS) is 15.4. The molecule has 0 aliphatic rings. The summed E-state index contributed by atoms with van der Waals surface area (Å²) in [6, 6.07) is 0. The molecule has 0 amide bonds. The maximum atomic E-state index is 9.64. The molecule has 3 nitrogen and oxygen atoms in total. The standard InChI is InChI=1S/C11H24O3/c1-3-5-6-7-11(10(13)4-2)14-9-8-12/h10-13H,3-9H2,1-2H3. The lowest BCUT2D eigenvalue weighted by Crippen LogP contribution is -2.29. The second-order valence-corrected chi connectivity index (χ2v) is 3.60. The molecule has 0 saturated heterocycles. The van der Waals surface area contributed by atoms with Crippen molar-refractivity contribution in [1.29, 1.82) is 0 Å². The van der Waals surface area contributed by atoms with E-state index in [0.717, 1.165) is 12.8 Å². The largest absolute Gasteiger partial charge is 0.394 e. The van der Waals surface area contributed by atoms with Gasteiger partial charge in [-0.1, -0.05) is 33.1 Å². The van der Waals surface area contributed by atoms with Gasteiger partial charge in [0.25, 0.3) is 0 Å². The fourth-order valence-corrected chi connectivity index (χ4v) is 1.45. The Labute approximate surface area is 87.1 Å². The number of aliphatic hydroxyl groups excluding tert-OH is 2. The molecule has 0 aliphatic carbocycles. The van der Waals surface area contributed by atoms with Crippen molar-refractivity contribution in [3.05, 3.63) is 0 Å². The predicted molar refractivity (Wildman–Crippen MR) is 57.3 cm³/mol. The second-order valence-electron chi connectivity index (χ2n) is 3.60. The average molecular weight is 204 g/mol. The summed E-state index contributed by atoms with van der Waals surface area (Å²) in [5.41, 5.74) is 0. The second kappa shape index (κ2) is 9.44. The van der Waals surface area contributed by atoms with E-state index < -0.39 is 6.10 Å². The van der Waals surface area contributed by atoms with E-state index in [1.165, 1.54) is 12.8 Å². The molecule has 0 saturated carbocycles. The van der Waals surface area contributed by atoms with Crippen LogP contribution in [0.3, 0.4) is 0 Å². The maximum absolute atomic E-state index is 9.64. The summed E-state index contributed by atoms with van der Waals surface area (Å²) in [7, 11) is 0. The van der Waals surface area contributed by atoms with Crippen molar-refractivity contribution in [2.24, 2.45) is 0 Å². The first-order valence-corrected chi connectivity index (χ1v) is 5.66. The minimum absolute atomic E-state index is 0.0285. The lowest BCUT2D eigenvalue weighted by Gasteiger charge is -2.22. The maximum Gasteiger partial charge on any atom is 0.0835 e. The minimum atomic E-state index is -0.390. The van der Waals surface area contributed by atoms with Crippen LogP contribution in [0.1, 0.15) is 46.0 Å². The smallest absolute Gasteiger partial charge is 0.0835 e. The third-order valence-corrected chi connectivity index (χ3v) is 2.36. The summed E-state index contributed by atoms with van der Waals surface area (Å²) < 4.78 is 5.39. The Morgan fingerprint density at radius 1 is 1.21 bits per heavy atom. The number of unbranched alkanes of at least 4 members (excludes halogenated alkanes) is 2. The fourth-order valence-electron chi connectivity index (χ4n) is 1.45. The molecule has 86 valence electrons. The van der Waals surface area contributed by atoms with Gasteiger partial charge in [0.1, 0.15) is 0 Å². The van der Waals surface area contributed by atoms with Gasteiger partial charge < -0.3 is 14.9 Å². The van der Waals surface area contributed by atoms with E-state index in [9.17, 15) is 5.11 Å². The van der Waals surface area contributed by atoms with Crippen LogP contribution in [0.15, 0.2) is 0 Å². The van der Waals surface area contributed by atoms with Crippen LogP contribution in [0.2, 0.25) is 0 Å². The number of hydrogen-bond acceptors (Lipinski definition) is 3. The summed E-state index contributed by atoms with van der Waals surface area (Å²) in [6.45, 7) is 4.45. The molecule has 0 aliphatic heterocycles. The first kappa shape index (κ1) is 13.9. The molecule has 0 radical (unpaired) electrons. The van der Waals surface area contributed by atoms with Crippen LogP contribution in [0.4, 0.5) is 0 Å². The molecule has 0 aromatic heterocycles. The third kappa shape index (κ3) is 6.35. The number of rotatable bonds is 9. The van der Waals surface area contributed by atoms with Crippen molar-refractivity contribution >= 4 is 0 Å². The van der Waals surface area contributed by atoms with Gasteiger partial charge in [0.15, 0.2) is 0 Å². The lowest BCUT2D eigenvalue weighted by molar-refractivity contribution is -0.0530. The van der Waals surface area contributed by atoms with Crippen LogP contribution in [0, 0.1) is 0 Å². The molecule has 2 N–H and O–H groups in total. The van der Waals surface area contributed by atoms with E-state index in [2.05, 4.69) is 6.92 Å². The summed E-state index contributed by atoms with van der Waals surface area (Å²) in [5, 5.41) is 18.3. The highest BCUT2D eigenvalue weighted by Gasteiger charge is 2.17. The van der Waals surface area contributed by atoms with Crippen LogP contribution in [-0.4, -0.2) is 35.6 Å². The zero-order valence-corrected chi connectivity index (χ0v) is 9.41. The molecule has 2 unspecified atom stereocenters. The van der Waals surface area contributed by atoms with E-state index in [0.29, 0.717) is 13.0 Å². The molecule has 2 atom stereocenters. The number of hydrogen-bond donors (Lipinski definition) is 2. The Kier molecular flexibility index (Phi) is 9.35. The van der Waals surface area contributed by atoms with Crippen molar-refractivity contribution in [3.8, 4) is 0 Å². The van der Waals surface area contributed by atoms with Crippen molar-refractivity contribution in [3.63, 3.8) is 0 Å². The highest BCUT2D eigenvalue weighted by molar-refractivity contribution is 4.67. The molecule has 0 bridgehead atoms. The van der Waals surface area contributed by atoms with Gasteiger partial charge in [-0.05, 0) is 12.8 Å². The Morgan fingerprint density at radius 2 is 1.93 bits per heavy atom. The van der Waals surface area contributed by atoms with Crippen molar-refractivity contribution in [2.45, 2.75) is 58.2 Å². The topological polar surface area (TPSA) is 49.7 Å². The van der Waals surface area contributed by atoms with Crippen LogP contribution in [0.5, 0.6) is 0 Å². The van der Waals surface area contributed by atoms with E-state index >= 15 is 0 Å². The predicted octanol–water partition coefficient (Wildman–Crippen LogP) is 1.72. The van der Waals surface area contributed by atoms with E-state index in [1.807, 2.05) is 6.92 Å². The fraction of sp³-hybridized carbons (Fsp3) is 1.00. The van der Waals surface area contributed by atoms with Crippen LogP contribution < -0.4 is 0 Å². The highest BCUT2D eigenvalue weighted by atomic mass is 16.5. The first-order valence-electron chi connectivity index (χ1n) is 5.66. The van der Waals surface area contributed by atoms with Gasteiger partial charge in [-0.2, -0.15) is 0 Å². The molecule has 0 aromatic rings. The molecular formula is C11H24O3. The Morgan fingerprint density at radius 3 is 2.43 bits per heavy atom. The van der Waals surface area contributed by atoms with Gasteiger partial charge >= 0.3 is 0 Å². The van der Waals surface area contributed by atoms with Crippen molar-refractivity contribution < 1.29 is 14.9 Å². The average Bonchev–Trinajstić information content (AvgIpc) is 2.22. The Bertz CT molecular complexity index is 117. The molecule has 0 aromatic carbocycles. The van der Waals surface area contributed by atoms with Crippen molar-refractivity contribution in [2.75, 3.05) is 13.2 Å². The monoisotopic (exact) mass is 204 g/mol. The lowest BCUT2D eigenvalue weighted by atomic mass is 10.0. The molecule has 3 heteroatoms. The van der Waals surface area contributed by atoms with E-state index in [1.54, 1.807) is 0 Å². The minimum Gasteiger partial charge on any atom is -0.394 e. The van der Waals surface area contributed by atoms with Gasteiger partial charge in [0.2, 0.25) is 0 Å². The zero-order valence-electron chi connectivity index (χ0n) is 9.41. The quantitative estimate of drug-likeness (QED) is 0.562. The van der Waals surface area contributed by atoms with Crippen LogP contribution in [0.25, 0.3) is 0 Å². The number of aliphatic hydroxyl groups is 2. The van der Waals surface area contributed by atoms with Gasteiger partial charge in [-0.3, -0.25) is 0 Å². The van der Waals surface area contributed by atoms with Crippen LogP contribution >= 0.6 is 0 Å². The van der Waals surface area contributed by atoms with Gasteiger partial charge in [-0.25, -0.2) is 0 Å². The molecule has 0 fully saturated rings. The summed E-state index contributed by atoms with van der Waals surface area (Å²) in [5.74, 6) is 0. The van der Waals surface area contributed by atoms with Gasteiger partial charge in [-0.15, -0.1) is 0 Å². The molecular weight excluding hydrogens is 180 g/mol. The van der Waals surface area contributed by atoms with E-state index in [4.69, 9.17) is 9.84 Å². The molecule has 0 rings (SSSR count). The third-order valence-electron chi connectivity index (χ3n) is 2.36. The highest BCUT2D eigenvalue weighted by Crippen LogP contribution is 2.12. The Hall–Kier alpha value is -0.120. The van der Waals surface area contributed by atoms with Crippen LogP contribution in [-0.2, 0) is 4.74 Å². The Balaban J connectivity index is 3.72. The van der Waals surface area contributed by atoms with Crippen molar-refractivity contribution in [1.82, 2.24) is 0 Å². The molecule has 0 spiro atoms. The van der Waals surface area contributed by atoms with E-state index in [-0.39, 0.29) is 12.7 Å². The van der Waals surface area contributed by atoms with Gasteiger partial charge in [0, 0.05) is 0 Å². The molecule has 0 heterocycles. The van der Waals surface area contributed by atoms with Gasteiger partial charge in [0.05, 0.1) is 25.4 Å². The summed E-state index contributed by atoms with van der Waals surface area (Å²) in [6.07, 6.45) is 4.55. The SMILES string of the molecule is CCCCCC(OCCO)C(O)CC. The number of ether oxygens (including phenoxy) is 1.